The Kier molecular flexibility index (Phi) is 5.58. The number of rotatable bonds is 6. The molecule has 0 saturated heterocycles. The molecule has 0 radical (unpaired) electrons. The lowest BCUT2D eigenvalue weighted by Gasteiger charge is -2.26. The molecule has 2 amide bonds. The van der Waals surface area contributed by atoms with Crippen LogP contribution in [0.1, 0.15) is 20.3 Å². The monoisotopic (exact) mass is 294 g/mol. The predicted octanol–water partition coefficient (Wildman–Crippen LogP) is 2.34. The van der Waals surface area contributed by atoms with Gasteiger partial charge in [-0.1, -0.05) is 19.1 Å². The van der Waals surface area contributed by atoms with Gasteiger partial charge in [0.05, 0.1) is 18.2 Å². The second kappa shape index (κ2) is 6.97. The third-order valence-electron chi connectivity index (χ3n) is 3.68. The van der Waals surface area contributed by atoms with Gasteiger partial charge in [0.1, 0.15) is 5.75 Å². The SMILES string of the molecule is CCC(C)(CNC(=O)N(C)c1ccccc1OC)C(=O)O. The molecule has 21 heavy (non-hydrogen) atoms. The lowest BCUT2D eigenvalue weighted by atomic mass is 9.88. The topological polar surface area (TPSA) is 78.9 Å². The first kappa shape index (κ1) is 16.8. The van der Waals surface area contributed by atoms with Crippen molar-refractivity contribution in [2.24, 2.45) is 5.41 Å². The van der Waals surface area contributed by atoms with Gasteiger partial charge < -0.3 is 15.2 Å². The number of carboxylic acid groups (broad SMARTS) is 1. The smallest absolute Gasteiger partial charge is 0.321 e. The van der Waals surface area contributed by atoms with Crippen molar-refractivity contribution in [3.8, 4) is 5.75 Å². The van der Waals surface area contributed by atoms with E-state index in [1.54, 1.807) is 39.1 Å². The van der Waals surface area contributed by atoms with Gasteiger partial charge in [-0.3, -0.25) is 9.69 Å². The molecule has 0 aliphatic carbocycles. The fraction of sp³-hybridized carbons (Fsp3) is 0.467. The van der Waals surface area contributed by atoms with Crippen molar-refractivity contribution in [2.75, 3.05) is 25.6 Å². The molecule has 1 atom stereocenters. The van der Waals surface area contributed by atoms with Crippen molar-refractivity contribution in [3.05, 3.63) is 24.3 Å². The van der Waals surface area contributed by atoms with Crippen LogP contribution >= 0.6 is 0 Å². The fourth-order valence-electron chi connectivity index (χ4n) is 1.76. The number of benzene rings is 1. The van der Waals surface area contributed by atoms with Crippen molar-refractivity contribution in [1.82, 2.24) is 5.32 Å². The van der Waals surface area contributed by atoms with Crippen LogP contribution < -0.4 is 15.0 Å². The normalized spacial score (nSPS) is 13.1. The Morgan fingerprint density at radius 2 is 2.00 bits per heavy atom. The highest BCUT2D eigenvalue weighted by Gasteiger charge is 2.32. The first-order chi connectivity index (χ1) is 9.85. The van der Waals surface area contributed by atoms with Crippen LogP contribution in [0.5, 0.6) is 5.75 Å². The summed E-state index contributed by atoms with van der Waals surface area (Å²) in [5.41, 5.74) is -0.358. The van der Waals surface area contributed by atoms with Gasteiger partial charge in [0.2, 0.25) is 0 Å². The van der Waals surface area contributed by atoms with Gasteiger partial charge in [-0.05, 0) is 25.5 Å². The third kappa shape index (κ3) is 3.87. The largest absolute Gasteiger partial charge is 0.495 e. The molecule has 1 rings (SSSR count). The summed E-state index contributed by atoms with van der Waals surface area (Å²) in [6.45, 7) is 3.46. The number of nitrogens with one attached hydrogen (secondary N) is 1. The Morgan fingerprint density at radius 1 is 1.38 bits per heavy atom. The van der Waals surface area contributed by atoms with E-state index in [2.05, 4.69) is 5.32 Å². The van der Waals surface area contributed by atoms with Gasteiger partial charge in [-0.25, -0.2) is 4.79 Å². The number of carbonyl (C=O) groups is 2. The highest BCUT2D eigenvalue weighted by molar-refractivity contribution is 5.93. The zero-order valence-corrected chi connectivity index (χ0v) is 12.8. The average Bonchev–Trinajstić information content (AvgIpc) is 2.51. The number of aliphatic carboxylic acids is 1. The first-order valence-corrected chi connectivity index (χ1v) is 6.73. The number of nitrogens with zero attached hydrogens (tertiary/aromatic N) is 1. The Morgan fingerprint density at radius 3 is 2.52 bits per heavy atom. The molecule has 1 aromatic rings. The molecule has 0 fully saturated rings. The van der Waals surface area contributed by atoms with Crippen molar-refractivity contribution in [1.29, 1.82) is 0 Å². The van der Waals surface area contributed by atoms with Crippen LogP contribution in [0.2, 0.25) is 0 Å². The van der Waals surface area contributed by atoms with Gasteiger partial charge in [0.15, 0.2) is 0 Å². The van der Waals surface area contributed by atoms with Crippen LogP contribution in [0.3, 0.4) is 0 Å². The summed E-state index contributed by atoms with van der Waals surface area (Å²) < 4.78 is 5.21. The van der Waals surface area contributed by atoms with Crippen molar-refractivity contribution >= 4 is 17.7 Å². The number of methoxy groups -OCH3 is 1. The van der Waals surface area contributed by atoms with Crippen LogP contribution in [-0.2, 0) is 4.79 Å². The van der Waals surface area contributed by atoms with E-state index in [4.69, 9.17) is 4.74 Å². The summed E-state index contributed by atoms with van der Waals surface area (Å²) in [4.78, 5) is 24.8. The quantitative estimate of drug-likeness (QED) is 0.844. The summed E-state index contributed by atoms with van der Waals surface area (Å²) in [5, 5.41) is 11.9. The number of anilines is 1. The zero-order chi connectivity index (χ0) is 16.0. The lowest BCUT2D eigenvalue weighted by Crippen LogP contribution is -2.45. The van der Waals surface area contributed by atoms with E-state index in [-0.39, 0.29) is 12.6 Å². The molecular formula is C15H22N2O4. The van der Waals surface area contributed by atoms with E-state index in [1.807, 2.05) is 6.07 Å². The molecule has 0 aliphatic heterocycles. The summed E-state index contributed by atoms with van der Waals surface area (Å²) in [6.07, 6.45) is 0.432. The average molecular weight is 294 g/mol. The summed E-state index contributed by atoms with van der Waals surface area (Å²) >= 11 is 0. The fourth-order valence-corrected chi connectivity index (χ4v) is 1.76. The molecule has 0 spiro atoms. The standard InChI is InChI=1S/C15H22N2O4/c1-5-15(2,13(18)19)10-16-14(20)17(3)11-8-6-7-9-12(11)21-4/h6-9H,5,10H2,1-4H3,(H,16,20)(H,18,19). The number of hydrogen-bond acceptors (Lipinski definition) is 3. The van der Waals surface area contributed by atoms with Gasteiger partial charge in [-0.15, -0.1) is 0 Å². The van der Waals surface area contributed by atoms with Crippen molar-refractivity contribution in [2.45, 2.75) is 20.3 Å². The summed E-state index contributed by atoms with van der Waals surface area (Å²) in [5.74, 6) is -0.350. The van der Waals surface area contributed by atoms with Crippen LogP contribution in [0.15, 0.2) is 24.3 Å². The van der Waals surface area contributed by atoms with Crippen LogP contribution in [0.4, 0.5) is 10.5 Å². The van der Waals surface area contributed by atoms with Crippen molar-refractivity contribution < 1.29 is 19.4 Å². The molecule has 0 heterocycles. The van der Waals surface area contributed by atoms with Crippen LogP contribution in [0, 0.1) is 5.41 Å². The minimum Gasteiger partial charge on any atom is -0.495 e. The number of ether oxygens (including phenoxy) is 1. The van der Waals surface area contributed by atoms with E-state index in [0.717, 1.165) is 0 Å². The number of hydrogen-bond donors (Lipinski definition) is 2. The highest BCUT2D eigenvalue weighted by atomic mass is 16.5. The lowest BCUT2D eigenvalue weighted by molar-refractivity contribution is -0.147. The molecule has 116 valence electrons. The van der Waals surface area contributed by atoms with E-state index < -0.39 is 11.4 Å². The molecular weight excluding hydrogens is 272 g/mol. The molecule has 1 aromatic carbocycles. The molecule has 0 aliphatic rings. The molecule has 0 aromatic heterocycles. The zero-order valence-electron chi connectivity index (χ0n) is 12.8. The number of carboxylic acids is 1. The summed E-state index contributed by atoms with van der Waals surface area (Å²) in [7, 11) is 3.14. The second-order valence-electron chi connectivity index (χ2n) is 5.11. The summed E-state index contributed by atoms with van der Waals surface area (Å²) in [6, 6.07) is 6.75. The Hall–Kier alpha value is -2.24. The highest BCUT2D eigenvalue weighted by Crippen LogP contribution is 2.27. The molecule has 0 saturated carbocycles. The predicted molar refractivity (Wildman–Crippen MR) is 80.8 cm³/mol. The number of carbonyl (C=O) groups excluding carboxylic acids is 1. The van der Waals surface area contributed by atoms with Crippen molar-refractivity contribution in [3.63, 3.8) is 0 Å². The minimum atomic E-state index is -0.975. The third-order valence-corrected chi connectivity index (χ3v) is 3.68. The minimum absolute atomic E-state index is 0.0666. The maximum Gasteiger partial charge on any atom is 0.321 e. The molecule has 6 nitrogen and oxygen atoms in total. The molecule has 6 heteroatoms. The first-order valence-electron chi connectivity index (χ1n) is 6.73. The Bertz CT molecular complexity index is 518. The van der Waals surface area contributed by atoms with Crippen LogP contribution in [-0.4, -0.2) is 37.8 Å². The van der Waals surface area contributed by atoms with Crippen LogP contribution in [0.25, 0.3) is 0 Å². The van der Waals surface area contributed by atoms with E-state index >= 15 is 0 Å². The maximum atomic E-state index is 12.2. The molecule has 0 bridgehead atoms. The van der Waals surface area contributed by atoms with Gasteiger partial charge in [0.25, 0.3) is 0 Å². The molecule has 2 N–H and O–H groups in total. The Labute approximate surface area is 124 Å². The molecule has 1 unspecified atom stereocenters. The van der Waals surface area contributed by atoms with E-state index in [0.29, 0.717) is 17.9 Å². The number of amides is 2. The maximum absolute atomic E-state index is 12.2. The Balaban J connectivity index is 2.78. The number of urea groups is 1. The second-order valence-corrected chi connectivity index (χ2v) is 5.11. The van der Waals surface area contributed by atoms with E-state index in [1.165, 1.54) is 12.0 Å². The van der Waals surface area contributed by atoms with E-state index in [9.17, 15) is 14.7 Å². The van der Waals surface area contributed by atoms with Gasteiger partial charge >= 0.3 is 12.0 Å². The van der Waals surface area contributed by atoms with Gasteiger partial charge in [0, 0.05) is 13.6 Å². The van der Waals surface area contributed by atoms with Gasteiger partial charge in [-0.2, -0.15) is 0 Å². The number of para-hydroxylation sites is 2.